The average molecular weight is 793 g/mol. The van der Waals surface area contributed by atoms with Crippen LogP contribution in [0.25, 0.3) is 0 Å². The predicted molar refractivity (Wildman–Crippen MR) is 236 cm³/mol. The van der Waals surface area contributed by atoms with Gasteiger partial charge in [0, 0.05) is 57.1 Å². The normalized spacial score (nSPS) is 10.4. The lowest BCUT2D eigenvalue weighted by molar-refractivity contribution is 0.103. The van der Waals surface area contributed by atoms with Gasteiger partial charge in [0.25, 0.3) is 0 Å². The molecule has 0 amide bonds. The molecule has 0 saturated carbocycles. The molecule has 0 aliphatic carbocycles. The summed E-state index contributed by atoms with van der Waals surface area (Å²) in [6, 6.07) is 56.6. The fourth-order valence-electron chi connectivity index (χ4n) is 5.80. The van der Waals surface area contributed by atoms with Crippen LogP contribution < -0.4 is 41.9 Å². The van der Waals surface area contributed by atoms with Crippen LogP contribution in [0.4, 0.5) is 22.7 Å². The fraction of sp³-hybridized carbons (Fsp3) is 0. The summed E-state index contributed by atoms with van der Waals surface area (Å²) in [7, 11) is 0. The van der Waals surface area contributed by atoms with E-state index < -0.39 is 0 Å². The first-order valence-electron chi connectivity index (χ1n) is 18.8. The maximum atomic E-state index is 12.8. The lowest BCUT2D eigenvalue weighted by Crippen LogP contribution is -2.01. The van der Waals surface area contributed by atoms with Crippen molar-refractivity contribution in [3.8, 4) is 46.0 Å². The second-order valence-corrected chi connectivity index (χ2v) is 13.4. The van der Waals surface area contributed by atoms with Crippen molar-refractivity contribution in [2.45, 2.75) is 0 Å². The van der Waals surface area contributed by atoms with Gasteiger partial charge < -0.3 is 41.9 Å². The Morgan fingerprint density at radius 2 is 0.500 bits per heavy atom. The number of rotatable bonds is 12. The van der Waals surface area contributed by atoms with E-state index in [4.69, 9.17) is 41.9 Å². The third-order valence-electron chi connectivity index (χ3n) is 8.89. The molecule has 8 aromatic rings. The van der Waals surface area contributed by atoms with Gasteiger partial charge in [0.2, 0.25) is 0 Å². The second kappa shape index (κ2) is 18.6. The van der Waals surface area contributed by atoms with Gasteiger partial charge in [0.1, 0.15) is 46.0 Å². The number of hydrogen-bond acceptors (Lipinski definition) is 10. The molecule has 0 aromatic heterocycles. The van der Waals surface area contributed by atoms with Gasteiger partial charge in [-0.25, -0.2) is 0 Å². The lowest BCUT2D eigenvalue weighted by Gasteiger charge is -2.08. The molecule has 296 valence electrons. The predicted octanol–water partition coefficient (Wildman–Crippen LogP) is 11.3. The minimum atomic E-state index is -0.0824. The molecule has 0 aliphatic heterocycles. The van der Waals surface area contributed by atoms with Crippen molar-refractivity contribution in [1.82, 2.24) is 0 Å². The Labute approximate surface area is 347 Å². The standard InChI is InChI=1S/2C25H20N2O3/c26-19-5-13-23(14-6-19)29-21-9-1-17(2-10-21)25(28)18-3-11-22(12-4-18)30-24-15-7-20(27)8-16-24;26-19-3-1-5-23(15-19)29-21-11-7-17(8-12-21)25(28)18-9-13-22(14-10-18)30-24-6-2-4-20(27)16-24/h2*1-16H,26-27H2. The molecule has 8 N–H and O–H groups in total. The number of nitrogens with two attached hydrogens (primary N) is 4. The van der Waals surface area contributed by atoms with Crippen molar-refractivity contribution in [3.63, 3.8) is 0 Å². The number of ketones is 2. The Hall–Kier alpha value is -8.50. The van der Waals surface area contributed by atoms with Crippen molar-refractivity contribution >= 4 is 34.3 Å². The highest BCUT2D eigenvalue weighted by Gasteiger charge is 2.12. The third kappa shape index (κ3) is 10.9. The molecule has 8 rings (SSSR count). The first kappa shape index (κ1) is 39.7. The topological polar surface area (TPSA) is 175 Å². The smallest absolute Gasteiger partial charge is 0.193 e. The number of ether oxygens (including phenoxy) is 4. The first-order valence-corrected chi connectivity index (χ1v) is 18.8. The van der Waals surface area contributed by atoms with Crippen LogP contribution in [0.5, 0.6) is 46.0 Å². The van der Waals surface area contributed by atoms with E-state index in [1.807, 2.05) is 24.3 Å². The Kier molecular flexibility index (Phi) is 12.3. The van der Waals surface area contributed by atoms with E-state index in [0.29, 0.717) is 91.0 Å². The second-order valence-electron chi connectivity index (χ2n) is 13.4. The summed E-state index contributed by atoms with van der Waals surface area (Å²) in [4.78, 5) is 25.5. The van der Waals surface area contributed by atoms with E-state index in [-0.39, 0.29) is 11.6 Å². The molecule has 0 spiro atoms. The van der Waals surface area contributed by atoms with Gasteiger partial charge in [-0.15, -0.1) is 0 Å². The zero-order chi connectivity index (χ0) is 41.8. The van der Waals surface area contributed by atoms with Gasteiger partial charge in [0.15, 0.2) is 11.6 Å². The number of benzene rings is 8. The van der Waals surface area contributed by atoms with Gasteiger partial charge in [-0.3, -0.25) is 9.59 Å². The number of nitrogen functional groups attached to an aromatic ring is 4. The van der Waals surface area contributed by atoms with E-state index in [0.717, 1.165) is 0 Å². The van der Waals surface area contributed by atoms with Crippen molar-refractivity contribution in [3.05, 3.63) is 216 Å². The Bertz CT molecular complexity index is 2500. The van der Waals surface area contributed by atoms with Gasteiger partial charge in [0.05, 0.1) is 0 Å². The van der Waals surface area contributed by atoms with Crippen LogP contribution in [-0.4, -0.2) is 11.6 Å². The van der Waals surface area contributed by atoms with Crippen LogP contribution in [-0.2, 0) is 0 Å². The molecule has 0 bridgehead atoms. The summed E-state index contributed by atoms with van der Waals surface area (Å²) >= 11 is 0. The maximum absolute atomic E-state index is 12.8. The van der Waals surface area contributed by atoms with Crippen molar-refractivity contribution in [1.29, 1.82) is 0 Å². The van der Waals surface area contributed by atoms with Gasteiger partial charge in [-0.1, -0.05) is 12.1 Å². The number of anilines is 4. The van der Waals surface area contributed by atoms with Crippen LogP contribution in [0.2, 0.25) is 0 Å². The highest BCUT2D eigenvalue weighted by atomic mass is 16.5. The van der Waals surface area contributed by atoms with E-state index in [9.17, 15) is 9.59 Å². The molecule has 0 unspecified atom stereocenters. The monoisotopic (exact) mass is 792 g/mol. The zero-order valence-electron chi connectivity index (χ0n) is 32.2. The van der Waals surface area contributed by atoms with Crippen LogP contribution >= 0.6 is 0 Å². The molecule has 0 heterocycles. The molecular formula is C50H40N4O6. The summed E-state index contributed by atoms with van der Waals surface area (Å²) in [6.07, 6.45) is 0. The molecule has 10 nitrogen and oxygen atoms in total. The van der Waals surface area contributed by atoms with Gasteiger partial charge in [-0.05, 0) is 170 Å². The highest BCUT2D eigenvalue weighted by molar-refractivity contribution is 6.09. The summed E-state index contributed by atoms with van der Waals surface area (Å²) < 4.78 is 23.1. The zero-order valence-corrected chi connectivity index (χ0v) is 32.2. The van der Waals surface area contributed by atoms with E-state index in [2.05, 4.69) is 0 Å². The lowest BCUT2D eigenvalue weighted by atomic mass is 10.0. The summed E-state index contributed by atoms with van der Waals surface area (Å²) in [6.45, 7) is 0. The van der Waals surface area contributed by atoms with Crippen LogP contribution in [0.3, 0.4) is 0 Å². The largest absolute Gasteiger partial charge is 0.457 e. The van der Waals surface area contributed by atoms with Crippen molar-refractivity contribution in [2.24, 2.45) is 0 Å². The SMILES string of the molecule is Nc1ccc(Oc2ccc(C(=O)c3ccc(Oc4ccc(N)cc4)cc3)cc2)cc1.Nc1cccc(Oc2ccc(C(=O)c3ccc(Oc4cccc(N)c4)cc3)cc2)c1. The van der Waals surface area contributed by atoms with Crippen LogP contribution in [0, 0.1) is 0 Å². The van der Waals surface area contributed by atoms with Crippen LogP contribution in [0.1, 0.15) is 31.8 Å². The van der Waals surface area contributed by atoms with E-state index in [1.165, 1.54) is 0 Å². The summed E-state index contributed by atoms with van der Waals surface area (Å²) in [5, 5.41) is 0. The van der Waals surface area contributed by atoms with Crippen molar-refractivity contribution in [2.75, 3.05) is 22.9 Å². The molecule has 60 heavy (non-hydrogen) atoms. The average Bonchev–Trinajstić information content (AvgIpc) is 3.26. The minimum absolute atomic E-state index is 0.0759. The molecular weight excluding hydrogens is 753 g/mol. The Morgan fingerprint density at radius 1 is 0.267 bits per heavy atom. The van der Waals surface area contributed by atoms with Gasteiger partial charge >= 0.3 is 0 Å². The van der Waals surface area contributed by atoms with E-state index >= 15 is 0 Å². The molecule has 0 saturated heterocycles. The molecule has 8 aromatic carbocycles. The Balaban J connectivity index is 0.000000181. The number of hydrogen-bond donors (Lipinski definition) is 4. The molecule has 0 aliphatic rings. The minimum Gasteiger partial charge on any atom is -0.457 e. The number of carbonyl (C=O) groups is 2. The van der Waals surface area contributed by atoms with E-state index in [1.54, 1.807) is 170 Å². The third-order valence-corrected chi connectivity index (χ3v) is 8.89. The molecule has 0 fully saturated rings. The first-order chi connectivity index (χ1) is 29.1. The molecule has 0 radical (unpaired) electrons. The summed E-state index contributed by atoms with van der Waals surface area (Å²) in [5.41, 5.74) is 27.8. The highest BCUT2D eigenvalue weighted by Crippen LogP contribution is 2.28. The molecule has 0 atom stereocenters. The maximum Gasteiger partial charge on any atom is 0.193 e. The molecule has 10 heteroatoms. The number of carbonyl (C=O) groups excluding carboxylic acids is 2. The quantitative estimate of drug-likeness (QED) is 0.0688. The van der Waals surface area contributed by atoms with Crippen molar-refractivity contribution < 1.29 is 28.5 Å². The Morgan fingerprint density at radius 3 is 0.750 bits per heavy atom. The summed E-state index contributed by atoms with van der Waals surface area (Å²) in [5.74, 6) is 5.03. The van der Waals surface area contributed by atoms with Crippen LogP contribution in [0.15, 0.2) is 194 Å². The fourth-order valence-corrected chi connectivity index (χ4v) is 5.80. The van der Waals surface area contributed by atoms with Gasteiger partial charge in [-0.2, -0.15) is 0 Å².